The highest BCUT2D eigenvalue weighted by atomic mass is 32.1. The summed E-state index contributed by atoms with van der Waals surface area (Å²) in [6.45, 7) is 3.76. The Hall–Kier alpha value is -3.10. The number of hydrogen-bond donors (Lipinski definition) is 2. The van der Waals surface area contributed by atoms with Gasteiger partial charge in [-0.05, 0) is 49.6 Å². The Kier molecular flexibility index (Phi) is 5.35. The van der Waals surface area contributed by atoms with Gasteiger partial charge < -0.3 is 10.4 Å². The van der Waals surface area contributed by atoms with Crippen molar-refractivity contribution in [2.24, 2.45) is 0 Å². The van der Waals surface area contributed by atoms with Gasteiger partial charge in [0.2, 0.25) is 0 Å². The topological polar surface area (TPSA) is 62.2 Å². The van der Waals surface area contributed by atoms with Crippen molar-refractivity contribution in [1.29, 1.82) is 0 Å². The smallest absolute Gasteiger partial charge is 0.263 e. The molecule has 0 aliphatic carbocycles. The normalized spacial score (nSPS) is 11.3. The molecule has 1 heterocycles. The first-order valence-corrected chi connectivity index (χ1v) is 8.99. The van der Waals surface area contributed by atoms with Crippen LogP contribution in [-0.2, 0) is 0 Å². The molecule has 130 valence electrons. The molecule has 0 fully saturated rings. The summed E-state index contributed by atoms with van der Waals surface area (Å²) in [7, 11) is 0. The lowest BCUT2D eigenvalue weighted by Gasteiger charge is -2.13. The number of aromatic nitrogens is 1. The highest BCUT2D eigenvalue weighted by molar-refractivity contribution is 7.14. The monoisotopic (exact) mass is 362 g/mol. The van der Waals surface area contributed by atoms with Crippen molar-refractivity contribution in [2.45, 2.75) is 19.9 Å². The van der Waals surface area contributed by atoms with E-state index < -0.39 is 0 Å². The molecule has 3 rings (SSSR count). The van der Waals surface area contributed by atoms with Gasteiger partial charge in [0.1, 0.15) is 10.6 Å². The van der Waals surface area contributed by atoms with Gasteiger partial charge in [-0.15, -0.1) is 11.3 Å². The van der Waals surface area contributed by atoms with Crippen LogP contribution < -0.4 is 5.32 Å². The lowest BCUT2D eigenvalue weighted by molar-refractivity contribution is 0.0943. The predicted molar refractivity (Wildman–Crippen MR) is 103 cm³/mol. The van der Waals surface area contributed by atoms with Crippen LogP contribution in [0.2, 0.25) is 0 Å². The van der Waals surface area contributed by atoms with E-state index in [0.717, 1.165) is 11.1 Å². The molecule has 0 spiro atoms. The number of rotatable bonds is 3. The third kappa shape index (κ3) is 4.29. The van der Waals surface area contributed by atoms with Crippen molar-refractivity contribution in [3.05, 3.63) is 81.3 Å². The van der Waals surface area contributed by atoms with Gasteiger partial charge in [-0.3, -0.25) is 4.79 Å². The molecule has 0 saturated carbocycles. The Morgan fingerprint density at radius 3 is 2.50 bits per heavy atom. The van der Waals surface area contributed by atoms with Crippen LogP contribution >= 0.6 is 11.3 Å². The van der Waals surface area contributed by atoms with Crippen molar-refractivity contribution in [3.8, 4) is 17.6 Å². The molecule has 2 aromatic carbocycles. The molecule has 3 aromatic rings. The summed E-state index contributed by atoms with van der Waals surface area (Å²) in [4.78, 5) is 17.5. The minimum Gasteiger partial charge on any atom is -0.508 e. The molecule has 0 unspecified atom stereocenters. The first kappa shape index (κ1) is 17.7. The van der Waals surface area contributed by atoms with E-state index in [1.807, 2.05) is 44.2 Å². The summed E-state index contributed by atoms with van der Waals surface area (Å²) < 4.78 is 0. The number of phenolic OH excluding ortho intramolecular Hbond substituents is 1. The van der Waals surface area contributed by atoms with Crippen LogP contribution in [-0.4, -0.2) is 16.0 Å². The number of nitrogens with zero attached hydrogens (tertiary/aromatic N) is 1. The minimum atomic E-state index is -0.144. The predicted octanol–water partition coefficient (Wildman–Crippen LogP) is 4.05. The van der Waals surface area contributed by atoms with E-state index in [-0.39, 0.29) is 17.7 Å². The number of amides is 1. The van der Waals surface area contributed by atoms with Gasteiger partial charge in [0.25, 0.3) is 5.91 Å². The fraction of sp³-hybridized carbons (Fsp3) is 0.143. The highest BCUT2D eigenvalue weighted by Gasteiger charge is 2.17. The third-order valence-corrected chi connectivity index (χ3v) is 4.90. The molecule has 5 heteroatoms. The number of hydrogen-bond acceptors (Lipinski definition) is 4. The van der Waals surface area contributed by atoms with Crippen LogP contribution in [0.3, 0.4) is 0 Å². The Balaban J connectivity index is 1.73. The van der Waals surface area contributed by atoms with Crippen molar-refractivity contribution < 1.29 is 9.90 Å². The van der Waals surface area contributed by atoms with Gasteiger partial charge in [-0.2, -0.15) is 0 Å². The van der Waals surface area contributed by atoms with Crippen LogP contribution in [0.5, 0.6) is 5.75 Å². The van der Waals surface area contributed by atoms with Gasteiger partial charge >= 0.3 is 0 Å². The number of benzene rings is 2. The summed E-state index contributed by atoms with van der Waals surface area (Å²) in [5.41, 5.74) is 2.50. The van der Waals surface area contributed by atoms with Gasteiger partial charge in [0.15, 0.2) is 5.01 Å². The van der Waals surface area contributed by atoms with Crippen molar-refractivity contribution in [2.75, 3.05) is 0 Å². The van der Waals surface area contributed by atoms with Gasteiger partial charge in [-0.1, -0.05) is 36.3 Å². The zero-order valence-corrected chi connectivity index (χ0v) is 15.3. The molecule has 1 amide bonds. The van der Waals surface area contributed by atoms with Gasteiger partial charge in [0, 0.05) is 5.56 Å². The van der Waals surface area contributed by atoms with Crippen molar-refractivity contribution in [3.63, 3.8) is 0 Å². The second-order valence-corrected chi connectivity index (χ2v) is 6.84. The van der Waals surface area contributed by atoms with Crippen molar-refractivity contribution in [1.82, 2.24) is 10.3 Å². The van der Waals surface area contributed by atoms with E-state index in [1.165, 1.54) is 11.3 Å². The summed E-state index contributed by atoms with van der Waals surface area (Å²) >= 11 is 1.28. The maximum absolute atomic E-state index is 12.6. The fourth-order valence-corrected chi connectivity index (χ4v) is 3.24. The number of nitrogens with one attached hydrogen (secondary N) is 1. The Labute approximate surface area is 156 Å². The number of aromatic hydroxyl groups is 1. The fourth-order valence-electron chi connectivity index (χ4n) is 2.42. The number of phenols is 1. The van der Waals surface area contributed by atoms with E-state index in [4.69, 9.17) is 0 Å². The summed E-state index contributed by atoms with van der Waals surface area (Å²) in [5, 5.41) is 12.9. The molecule has 0 aliphatic heterocycles. The highest BCUT2D eigenvalue weighted by Crippen LogP contribution is 2.20. The molecule has 0 aliphatic rings. The quantitative estimate of drug-likeness (QED) is 0.691. The van der Waals surface area contributed by atoms with Crippen LogP contribution in [0.25, 0.3) is 0 Å². The lowest BCUT2D eigenvalue weighted by atomic mass is 10.1. The Morgan fingerprint density at radius 1 is 1.12 bits per heavy atom. The maximum Gasteiger partial charge on any atom is 0.263 e. The Morgan fingerprint density at radius 2 is 1.81 bits per heavy atom. The van der Waals surface area contributed by atoms with Crippen LogP contribution in [0.1, 0.15) is 44.5 Å². The zero-order valence-electron chi connectivity index (χ0n) is 14.5. The molecular formula is C21H18N2O2S. The number of carbonyl (C=O) groups is 1. The molecule has 0 bridgehead atoms. The molecule has 0 saturated heterocycles. The van der Waals surface area contributed by atoms with E-state index in [9.17, 15) is 9.90 Å². The molecule has 4 nitrogen and oxygen atoms in total. The van der Waals surface area contributed by atoms with Crippen molar-refractivity contribution >= 4 is 17.2 Å². The number of carbonyl (C=O) groups excluding carboxylic acids is 1. The van der Waals surface area contributed by atoms with Gasteiger partial charge in [0.05, 0.1) is 11.7 Å². The molecule has 0 radical (unpaired) electrons. The van der Waals surface area contributed by atoms with Crippen LogP contribution in [0.15, 0.2) is 54.6 Å². The maximum atomic E-state index is 12.6. The van der Waals surface area contributed by atoms with E-state index >= 15 is 0 Å². The van der Waals surface area contributed by atoms with E-state index in [1.54, 1.807) is 24.3 Å². The summed E-state index contributed by atoms with van der Waals surface area (Å²) in [5.74, 6) is 6.02. The first-order chi connectivity index (χ1) is 12.5. The third-order valence-electron chi connectivity index (χ3n) is 3.83. The molecular weight excluding hydrogens is 344 g/mol. The average molecular weight is 362 g/mol. The van der Waals surface area contributed by atoms with Crippen LogP contribution in [0.4, 0.5) is 0 Å². The summed E-state index contributed by atoms with van der Waals surface area (Å²) in [6, 6.07) is 16.4. The second-order valence-electron chi connectivity index (χ2n) is 5.84. The SMILES string of the molecule is Cc1nc(C#Cc2ccc(O)cc2)sc1C(=O)N[C@H](C)c1ccccc1. The zero-order chi connectivity index (χ0) is 18.5. The van der Waals surface area contributed by atoms with E-state index in [2.05, 4.69) is 22.1 Å². The molecule has 26 heavy (non-hydrogen) atoms. The molecule has 1 atom stereocenters. The number of thiazole rings is 1. The molecule has 2 N–H and O–H groups in total. The average Bonchev–Trinajstić information content (AvgIpc) is 3.03. The summed E-state index contributed by atoms with van der Waals surface area (Å²) in [6.07, 6.45) is 0. The van der Waals surface area contributed by atoms with E-state index in [0.29, 0.717) is 15.6 Å². The number of aryl methyl sites for hydroxylation is 1. The standard InChI is InChI=1S/C21H18N2O2S/c1-14(17-6-4-3-5-7-17)23-21(25)20-15(2)22-19(26-20)13-10-16-8-11-18(24)12-9-16/h3-9,11-12,14,24H,1-2H3,(H,23,25)/t14-/m1/s1. The Bertz CT molecular complexity index is 967. The van der Waals surface area contributed by atoms with Gasteiger partial charge in [-0.25, -0.2) is 4.98 Å². The first-order valence-electron chi connectivity index (χ1n) is 8.17. The minimum absolute atomic E-state index is 0.0864. The second kappa shape index (κ2) is 7.85. The lowest BCUT2D eigenvalue weighted by Crippen LogP contribution is -2.26. The molecule has 1 aromatic heterocycles. The van der Waals surface area contributed by atoms with Crippen LogP contribution in [0, 0.1) is 18.8 Å². The largest absolute Gasteiger partial charge is 0.508 e.